The second kappa shape index (κ2) is 6.66. The molecular formula is C18H17IN4O2S. The van der Waals surface area contributed by atoms with Crippen molar-refractivity contribution in [3.05, 3.63) is 58.1 Å². The van der Waals surface area contributed by atoms with Gasteiger partial charge in [-0.15, -0.1) is 0 Å². The summed E-state index contributed by atoms with van der Waals surface area (Å²) >= 11 is 2.23. The van der Waals surface area contributed by atoms with Crippen molar-refractivity contribution in [1.82, 2.24) is 19.3 Å². The molecule has 0 fully saturated rings. The van der Waals surface area contributed by atoms with E-state index in [1.165, 1.54) is 6.26 Å². The van der Waals surface area contributed by atoms with E-state index < -0.39 is 9.84 Å². The van der Waals surface area contributed by atoms with E-state index in [9.17, 15) is 8.42 Å². The first kappa shape index (κ1) is 17.5. The number of fused-ring (bicyclic) bond motifs is 2. The maximum Gasteiger partial charge on any atom is 0.149 e. The highest BCUT2D eigenvalue weighted by atomic mass is 127. The summed E-state index contributed by atoms with van der Waals surface area (Å²) in [5.41, 5.74) is 2.85. The monoisotopic (exact) mass is 480 g/mol. The van der Waals surface area contributed by atoms with E-state index in [0.29, 0.717) is 13.1 Å². The summed E-state index contributed by atoms with van der Waals surface area (Å²) in [6.07, 6.45) is 1.26. The summed E-state index contributed by atoms with van der Waals surface area (Å²) in [6.45, 7) is 0.868. The summed E-state index contributed by atoms with van der Waals surface area (Å²) in [4.78, 5) is 4.73. The van der Waals surface area contributed by atoms with Crippen molar-refractivity contribution in [2.24, 2.45) is 0 Å². The molecule has 0 aliphatic carbocycles. The van der Waals surface area contributed by atoms with Gasteiger partial charge in [-0.25, -0.2) is 13.4 Å². The number of hydrogen-bond acceptors (Lipinski definition) is 4. The third-order valence-electron chi connectivity index (χ3n) is 4.32. The van der Waals surface area contributed by atoms with Gasteiger partial charge < -0.3 is 4.57 Å². The summed E-state index contributed by atoms with van der Waals surface area (Å²) in [5.74, 6) is 0.886. The molecule has 0 amide bonds. The van der Waals surface area contributed by atoms with Crippen molar-refractivity contribution in [2.75, 3.05) is 12.0 Å². The Balaban J connectivity index is 1.80. The summed E-state index contributed by atoms with van der Waals surface area (Å²) in [7, 11) is -3.06. The lowest BCUT2D eigenvalue weighted by Gasteiger charge is -2.09. The molecule has 0 aliphatic heterocycles. The second-order valence-corrected chi connectivity index (χ2v) is 9.55. The number of benzene rings is 2. The van der Waals surface area contributed by atoms with Gasteiger partial charge in [-0.1, -0.05) is 30.3 Å². The molecule has 0 radical (unpaired) electrons. The fraction of sp³-hybridized carbons (Fsp3) is 0.222. The van der Waals surface area contributed by atoms with E-state index in [1.54, 1.807) is 0 Å². The van der Waals surface area contributed by atoms with Crippen LogP contribution in [-0.2, 0) is 22.9 Å². The van der Waals surface area contributed by atoms with Crippen LogP contribution in [-0.4, -0.2) is 39.8 Å². The molecule has 8 heteroatoms. The number of para-hydroxylation sites is 3. The molecule has 6 nitrogen and oxygen atoms in total. The maximum absolute atomic E-state index is 11.7. The number of imidazole rings is 1. The van der Waals surface area contributed by atoms with Crippen LogP contribution < -0.4 is 0 Å². The van der Waals surface area contributed by atoms with Gasteiger partial charge in [0.2, 0.25) is 0 Å². The van der Waals surface area contributed by atoms with Crippen LogP contribution in [0.4, 0.5) is 0 Å². The molecule has 26 heavy (non-hydrogen) atoms. The lowest BCUT2D eigenvalue weighted by atomic mass is 10.2. The maximum atomic E-state index is 11.7. The minimum atomic E-state index is -3.06. The highest BCUT2D eigenvalue weighted by Gasteiger charge is 2.15. The topological polar surface area (TPSA) is 69.8 Å². The van der Waals surface area contributed by atoms with Gasteiger partial charge in [0.1, 0.15) is 19.4 Å². The van der Waals surface area contributed by atoms with E-state index >= 15 is 0 Å². The first-order chi connectivity index (χ1) is 12.4. The Hall–Kier alpha value is -1.94. The Morgan fingerprint density at radius 3 is 2.50 bits per heavy atom. The van der Waals surface area contributed by atoms with Crippen molar-refractivity contribution in [3.63, 3.8) is 0 Å². The van der Waals surface area contributed by atoms with Crippen LogP contribution in [0.3, 0.4) is 0 Å². The molecule has 0 unspecified atom stereocenters. The minimum Gasteiger partial charge on any atom is -0.325 e. The summed E-state index contributed by atoms with van der Waals surface area (Å²) in [6, 6.07) is 15.9. The molecular weight excluding hydrogens is 463 g/mol. The van der Waals surface area contributed by atoms with Crippen molar-refractivity contribution < 1.29 is 8.42 Å². The predicted molar refractivity (Wildman–Crippen MR) is 111 cm³/mol. The van der Waals surface area contributed by atoms with Crippen LogP contribution in [0, 0.1) is 3.70 Å². The van der Waals surface area contributed by atoms with E-state index in [4.69, 9.17) is 4.98 Å². The molecule has 134 valence electrons. The standard InChI is InChI=1S/C18H17IN4O2S/c1-26(24,25)11-10-22-16-9-5-3-7-14(16)20-17(22)12-23-15-8-4-2-6-13(15)18(19)21-23/h2-9H,10-12H2,1H3. The Bertz CT molecular complexity index is 1210. The van der Waals surface area contributed by atoms with Crippen molar-refractivity contribution in [2.45, 2.75) is 13.1 Å². The van der Waals surface area contributed by atoms with Crippen molar-refractivity contribution in [1.29, 1.82) is 0 Å². The first-order valence-corrected chi connectivity index (χ1v) is 11.3. The highest BCUT2D eigenvalue weighted by Crippen LogP contribution is 2.22. The number of nitrogens with zero attached hydrogens (tertiary/aromatic N) is 4. The molecule has 2 aromatic carbocycles. The van der Waals surface area contributed by atoms with Gasteiger partial charge >= 0.3 is 0 Å². The lowest BCUT2D eigenvalue weighted by molar-refractivity contribution is 0.588. The van der Waals surface area contributed by atoms with E-state index in [-0.39, 0.29) is 5.75 Å². The molecule has 0 N–H and O–H groups in total. The third kappa shape index (κ3) is 3.35. The van der Waals surface area contributed by atoms with Crippen LogP contribution in [0.1, 0.15) is 5.82 Å². The summed E-state index contributed by atoms with van der Waals surface area (Å²) in [5, 5.41) is 5.74. The predicted octanol–water partition coefficient (Wildman–Crippen LogP) is 3.08. The van der Waals surface area contributed by atoms with Crippen LogP contribution in [0.5, 0.6) is 0 Å². The number of sulfone groups is 1. The van der Waals surface area contributed by atoms with E-state index in [0.717, 1.165) is 31.5 Å². The molecule has 4 rings (SSSR count). The molecule has 2 aromatic heterocycles. The Morgan fingerprint density at radius 2 is 1.73 bits per heavy atom. The van der Waals surface area contributed by atoms with Crippen LogP contribution in [0.2, 0.25) is 0 Å². The lowest BCUT2D eigenvalue weighted by Crippen LogP contribution is -2.15. The molecule has 0 spiro atoms. The van der Waals surface area contributed by atoms with Gasteiger partial charge in [-0.3, -0.25) is 4.68 Å². The van der Waals surface area contributed by atoms with Crippen molar-refractivity contribution >= 4 is 54.4 Å². The van der Waals surface area contributed by atoms with E-state index in [2.05, 4.69) is 27.7 Å². The second-order valence-electron chi connectivity index (χ2n) is 6.26. The van der Waals surface area contributed by atoms with Crippen LogP contribution >= 0.6 is 22.6 Å². The van der Waals surface area contributed by atoms with Gasteiger partial charge in [-0.05, 0) is 40.8 Å². The molecule has 0 bridgehead atoms. The molecule has 0 atom stereocenters. The zero-order valence-corrected chi connectivity index (χ0v) is 17.1. The van der Waals surface area contributed by atoms with Gasteiger partial charge in [0, 0.05) is 18.2 Å². The Morgan fingerprint density at radius 1 is 1.04 bits per heavy atom. The molecule has 2 heterocycles. The normalized spacial score (nSPS) is 12.2. The fourth-order valence-corrected chi connectivity index (χ4v) is 4.32. The number of hydrogen-bond donors (Lipinski definition) is 0. The number of aryl methyl sites for hydroxylation is 1. The van der Waals surface area contributed by atoms with Gasteiger partial charge in [0.05, 0.1) is 28.8 Å². The number of aromatic nitrogens is 4. The smallest absolute Gasteiger partial charge is 0.149 e. The van der Waals surface area contributed by atoms with Gasteiger partial charge in [0.15, 0.2) is 0 Å². The summed E-state index contributed by atoms with van der Waals surface area (Å²) < 4.78 is 28.2. The zero-order chi connectivity index (χ0) is 18.3. The molecule has 0 aliphatic rings. The number of halogens is 1. The van der Waals surface area contributed by atoms with Crippen LogP contribution in [0.15, 0.2) is 48.5 Å². The average molecular weight is 480 g/mol. The fourth-order valence-electron chi connectivity index (χ4n) is 3.09. The van der Waals surface area contributed by atoms with Gasteiger partial charge in [-0.2, -0.15) is 5.10 Å². The average Bonchev–Trinajstić information content (AvgIpc) is 3.11. The molecule has 0 saturated heterocycles. The zero-order valence-electron chi connectivity index (χ0n) is 14.1. The SMILES string of the molecule is CS(=O)(=O)CCn1c(Cn2nc(I)c3ccccc32)nc2ccccc21. The first-order valence-electron chi connectivity index (χ1n) is 8.15. The molecule has 4 aromatic rings. The quantitative estimate of drug-likeness (QED) is 0.412. The van der Waals surface area contributed by atoms with Crippen molar-refractivity contribution in [3.8, 4) is 0 Å². The Labute approximate surface area is 164 Å². The highest BCUT2D eigenvalue weighted by molar-refractivity contribution is 14.1. The minimum absolute atomic E-state index is 0.0811. The third-order valence-corrected chi connectivity index (χ3v) is 6.04. The van der Waals surface area contributed by atoms with Gasteiger partial charge in [0.25, 0.3) is 0 Å². The molecule has 0 saturated carbocycles. The Kier molecular flexibility index (Phi) is 4.47. The number of rotatable bonds is 5. The van der Waals surface area contributed by atoms with Crippen LogP contribution in [0.25, 0.3) is 21.9 Å². The van der Waals surface area contributed by atoms with E-state index in [1.807, 2.05) is 57.8 Å². The largest absolute Gasteiger partial charge is 0.325 e.